The Balaban J connectivity index is 1.09. The lowest BCUT2D eigenvalue weighted by Gasteiger charge is -2.32. The maximum absolute atomic E-state index is 13.2. The molecule has 0 saturated carbocycles. The molecular formula is C31H33N5O5S. The fraction of sp³-hybridized carbons (Fsp3) is 0.387. The molecule has 2 aromatic carbocycles. The van der Waals surface area contributed by atoms with Crippen LogP contribution in [0.4, 0.5) is 0 Å². The van der Waals surface area contributed by atoms with Gasteiger partial charge in [0.15, 0.2) is 0 Å². The quantitative estimate of drug-likeness (QED) is 0.271. The van der Waals surface area contributed by atoms with Gasteiger partial charge in [-0.05, 0) is 79.2 Å². The second kappa shape index (κ2) is 11.7. The lowest BCUT2D eigenvalue weighted by molar-refractivity contribution is -0.136. The zero-order valence-electron chi connectivity index (χ0n) is 23.2. The Bertz CT molecular complexity index is 1500. The minimum absolute atomic E-state index is 0.148. The number of ether oxygens (including phenoxy) is 1. The van der Waals surface area contributed by atoms with Crippen molar-refractivity contribution in [3.8, 4) is 5.75 Å². The van der Waals surface area contributed by atoms with E-state index in [1.807, 2.05) is 30.3 Å². The van der Waals surface area contributed by atoms with Gasteiger partial charge in [-0.3, -0.25) is 34.3 Å². The number of amides is 4. The number of nitrogens with one attached hydrogen (secondary N) is 2. The number of hydrogen-bond acceptors (Lipinski definition) is 8. The number of imide groups is 1. The van der Waals surface area contributed by atoms with Gasteiger partial charge in [-0.1, -0.05) is 18.2 Å². The Morgan fingerprint density at radius 1 is 1.00 bits per heavy atom. The third-order valence-corrected chi connectivity index (χ3v) is 9.00. The predicted octanol–water partition coefficient (Wildman–Crippen LogP) is 3.08. The summed E-state index contributed by atoms with van der Waals surface area (Å²) in [6.07, 6.45) is 5.14. The maximum atomic E-state index is 13.2. The minimum atomic E-state index is -0.606. The molecule has 4 amide bonds. The van der Waals surface area contributed by atoms with Gasteiger partial charge in [0.25, 0.3) is 11.8 Å². The molecule has 0 radical (unpaired) electrons. The van der Waals surface area contributed by atoms with Crippen LogP contribution in [0.25, 0.3) is 0 Å². The summed E-state index contributed by atoms with van der Waals surface area (Å²) in [5.41, 5.74) is 4.32. The number of thiol groups is 1. The average molecular weight is 588 g/mol. The van der Waals surface area contributed by atoms with Crippen LogP contribution in [-0.2, 0) is 22.7 Å². The van der Waals surface area contributed by atoms with Crippen LogP contribution >= 0.6 is 12.6 Å². The normalized spacial score (nSPS) is 21.9. The third-order valence-electron chi connectivity index (χ3n) is 8.61. The van der Waals surface area contributed by atoms with E-state index in [2.05, 4.69) is 28.9 Å². The highest BCUT2D eigenvalue weighted by molar-refractivity contribution is 7.84. The van der Waals surface area contributed by atoms with Gasteiger partial charge in [-0.2, -0.15) is 0 Å². The zero-order valence-corrected chi connectivity index (χ0v) is 24.1. The summed E-state index contributed by atoms with van der Waals surface area (Å²) in [5.74, 6) is -0.0781. The van der Waals surface area contributed by atoms with Crippen molar-refractivity contribution in [3.63, 3.8) is 0 Å². The van der Waals surface area contributed by atoms with Gasteiger partial charge < -0.3 is 15.0 Å². The first kappa shape index (κ1) is 28.2. The lowest BCUT2D eigenvalue weighted by atomic mass is 9.87. The topological polar surface area (TPSA) is 123 Å². The van der Waals surface area contributed by atoms with Crippen LogP contribution in [0.1, 0.15) is 69.0 Å². The van der Waals surface area contributed by atoms with E-state index in [0.717, 1.165) is 49.8 Å². The summed E-state index contributed by atoms with van der Waals surface area (Å²) in [5, 5.41) is 10.1. The van der Waals surface area contributed by atoms with Crippen LogP contribution < -0.4 is 10.1 Å². The van der Waals surface area contributed by atoms with Gasteiger partial charge in [0.2, 0.25) is 11.8 Å². The van der Waals surface area contributed by atoms with E-state index in [-0.39, 0.29) is 24.1 Å². The van der Waals surface area contributed by atoms with Crippen molar-refractivity contribution >= 4 is 42.5 Å². The van der Waals surface area contributed by atoms with E-state index in [1.165, 1.54) is 16.5 Å². The minimum Gasteiger partial charge on any atom is -0.491 e. The Labute approximate surface area is 249 Å². The number of fused-ring (bicyclic) bond motifs is 2. The predicted molar refractivity (Wildman–Crippen MR) is 159 cm³/mol. The fourth-order valence-corrected chi connectivity index (χ4v) is 6.64. The number of benzene rings is 2. The Kier molecular flexibility index (Phi) is 7.87. The van der Waals surface area contributed by atoms with Crippen molar-refractivity contribution in [1.82, 2.24) is 20.0 Å². The van der Waals surface area contributed by atoms with Gasteiger partial charge in [0.1, 0.15) is 18.4 Å². The van der Waals surface area contributed by atoms with Crippen molar-refractivity contribution in [1.29, 1.82) is 5.41 Å². The van der Waals surface area contributed by atoms with Crippen LogP contribution in [0, 0.1) is 5.41 Å². The molecule has 4 heterocycles. The molecule has 2 aromatic rings. The molecule has 11 heteroatoms. The van der Waals surface area contributed by atoms with E-state index in [0.29, 0.717) is 53.9 Å². The highest BCUT2D eigenvalue weighted by Crippen LogP contribution is 2.34. The zero-order chi connectivity index (χ0) is 29.4. The van der Waals surface area contributed by atoms with E-state index in [4.69, 9.17) is 10.1 Å². The Hall–Kier alpha value is -3.96. The van der Waals surface area contributed by atoms with Crippen molar-refractivity contribution in [2.24, 2.45) is 0 Å². The molecule has 1 atom stereocenters. The molecule has 0 aliphatic carbocycles. The Morgan fingerprint density at radius 3 is 2.57 bits per heavy atom. The first-order valence-electron chi connectivity index (χ1n) is 14.3. The third kappa shape index (κ3) is 5.46. The number of carbonyl (C=O) groups excluding carboxylic acids is 4. The number of rotatable bonds is 6. The first-order valence-corrected chi connectivity index (χ1v) is 14.7. The van der Waals surface area contributed by atoms with Crippen LogP contribution in [-0.4, -0.2) is 76.8 Å². The van der Waals surface area contributed by atoms with Crippen LogP contribution in [0.15, 0.2) is 47.5 Å². The first-order chi connectivity index (χ1) is 20.3. The highest BCUT2D eigenvalue weighted by Gasteiger charge is 2.39. The van der Waals surface area contributed by atoms with Crippen molar-refractivity contribution in [2.75, 3.05) is 26.2 Å². The molecule has 0 bridgehead atoms. The molecule has 2 N–H and O–H groups in total. The summed E-state index contributed by atoms with van der Waals surface area (Å²) in [6, 6.07) is 11.2. The van der Waals surface area contributed by atoms with Crippen LogP contribution in [0.3, 0.4) is 0 Å². The molecule has 6 rings (SSSR count). The average Bonchev–Trinajstić information content (AvgIpc) is 3.21. The SMILES string of the molecule is N=C/C=C(\S)N1CCOc2ccc(CN3CCC(c4ccc5c(c4)CN(C4CCC(=O)NC4=O)C5=O)CC3)cc2C1=O. The van der Waals surface area contributed by atoms with Crippen LogP contribution in [0.5, 0.6) is 5.75 Å². The van der Waals surface area contributed by atoms with Crippen molar-refractivity contribution in [3.05, 3.63) is 75.3 Å². The second-order valence-corrected chi connectivity index (χ2v) is 11.7. The van der Waals surface area contributed by atoms with Crippen LogP contribution in [0.2, 0.25) is 0 Å². The monoisotopic (exact) mass is 587 g/mol. The van der Waals surface area contributed by atoms with Gasteiger partial charge in [0.05, 0.1) is 17.1 Å². The smallest absolute Gasteiger partial charge is 0.262 e. The van der Waals surface area contributed by atoms with Crippen molar-refractivity contribution < 1.29 is 23.9 Å². The lowest BCUT2D eigenvalue weighted by Crippen LogP contribution is -2.52. The molecule has 2 saturated heterocycles. The molecule has 2 fully saturated rings. The maximum Gasteiger partial charge on any atom is 0.262 e. The number of nitrogens with zero attached hydrogens (tertiary/aromatic N) is 3. The largest absolute Gasteiger partial charge is 0.491 e. The standard InChI is InChI=1S/C31H33N5O5S/c32-10-7-28(42)35-13-14-41-26-5-1-19(15-24(26)31(35)40)17-34-11-8-20(9-12-34)21-2-3-23-22(16-21)18-36(30(23)39)25-4-6-27(37)33-29(25)38/h1-3,5,7,10,15-16,20,25,32,42H,4,6,8-9,11-14,17-18H2,(H,33,37,38)/b28-7-,32-10?. The summed E-state index contributed by atoms with van der Waals surface area (Å²) in [7, 11) is 0. The van der Waals surface area contributed by atoms with E-state index < -0.39 is 11.9 Å². The molecule has 218 valence electrons. The van der Waals surface area contributed by atoms with Gasteiger partial charge in [0, 0.05) is 31.3 Å². The van der Waals surface area contributed by atoms with Gasteiger partial charge in [-0.15, -0.1) is 12.6 Å². The summed E-state index contributed by atoms with van der Waals surface area (Å²) < 4.78 is 5.82. The summed E-state index contributed by atoms with van der Waals surface area (Å²) >= 11 is 4.39. The Morgan fingerprint density at radius 2 is 1.81 bits per heavy atom. The van der Waals surface area contributed by atoms with Gasteiger partial charge >= 0.3 is 0 Å². The number of likely N-dealkylation sites (tertiary alicyclic amines) is 1. The molecule has 10 nitrogen and oxygen atoms in total. The number of carbonyl (C=O) groups is 4. The van der Waals surface area contributed by atoms with E-state index >= 15 is 0 Å². The summed E-state index contributed by atoms with van der Waals surface area (Å²) in [4.78, 5) is 55.7. The number of allylic oxidation sites excluding steroid dienone is 1. The van der Waals surface area contributed by atoms with E-state index in [1.54, 1.807) is 4.90 Å². The summed E-state index contributed by atoms with van der Waals surface area (Å²) in [6.45, 7) is 3.63. The van der Waals surface area contributed by atoms with Gasteiger partial charge in [-0.25, -0.2) is 0 Å². The van der Waals surface area contributed by atoms with E-state index in [9.17, 15) is 19.2 Å². The molecular weight excluding hydrogens is 554 g/mol. The fourth-order valence-electron chi connectivity index (χ4n) is 6.38. The number of piperidine rings is 2. The molecule has 42 heavy (non-hydrogen) atoms. The molecule has 0 aromatic heterocycles. The number of hydrogen-bond donors (Lipinski definition) is 3. The molecule has 1 unspecified atom stereocenters. The molecule has 0 spiro atoms. The highest BCUT2D eigenvalue weighted by atomic mass is 32.1. The molecule has 4 aliphatic rings. The van der Waals surface area contributed by atoms with Crippen molar-refractivity contribution in [2.45, 2.75) is 50.7 Å². The molecule has 4 aliphatic heterocycles. The second-order valence-electron chi connectivity index (χ2n) is 11.2.